The maximum atomic E-state index is 11.6. The predicted molar refractivity (Wildman–Crippen MR) is 140 cm³/mol. The Hall–Kier alpha value is -3.97. The summed E-state index contributed by atoms with van der Waals surface area (Å²) < 4.78 is 5.48. The maximum absolute atomic E-state index is 11.6. The highest BCUT2D eigenvalue weighted by Crippen LogP contribution is 2.31. The molecule has 0 aliphatic carbocycles. The monoisotopic (exact) mass is 486 g/mol. The molecule has 36 heavy (non-hydrogen) atoms. The van der Waals surface area contributed by atoms with Crippen LogP contribution in [0.3, 0.4) is 0 Å². The van der Waals surface area contributed by atoms with E-state index < -0.39 is 0 Å². The lowest BCUT2D eigenvalue weighted by atomic mass is 10.1. The number of piperazine rings is 1. The molecule has 2 aliphatic rings. The van der Waals surface area contributed by atoms with Gasteiger partial charge in [-0.25, -0.2) is 4.98 Å². The number of Topliss-reactive ketones (excluding diaryl/α,β-unsaturated/α-hetero) is 1. The molecule has 0 radical (unpaired) electrons. The summed E-state index contributed by atoms with van der Waals surface area (Å²) in [6, 6.07) is 12.0. The zero-order valence-corrected chi connectivity index (χ0v) is 20.9. The summed E-state index contributed by atoms with van der Waals surface area (Å²) in [5, 5.41) is 10.7. The van der Waals surface area contributed by atoms with Gasteiger partial charge in [0.25, 0.3) is 0 Å². The molecular formula is C26H30N8O2. The second-order valence-corrected chi connectivity index (χ2v) is 9.26. The van der Waals surface area contributed by atoms with Crippen LogP contribution < -0.4 is 19.6 Å². The first-order chi connectivity index (χ1) is 17.4. The highest BCUT2D eigenvalue weighted by molar-refractivity contribution is 5.94. The second-order valence-electron chi connectivity index (χ2n) is 9.26. The molecule has 2 fully saturated rings. The normalized spacial score (nSPS) is 16.2. The SMILES string of the molecule is CC(=O)c1ccc(N2CCN(c3nc(N(C)C)nc4nc(N5CCOCC5)c(C#N)cc34)CC2)cc1. The molecule has 0 amide bonds. The summed E-state index contributed by atoms with van der Waals surface area (Å²) in [5.74, 6) is 2.11. The van der Waals surface area contributed by atoms with Gasteiger partial charge in [-0.1, -0.05) is 0 Å². The highest BCUT2D eigenvalue weighted by atomic mass is 16.5. The van der Waals surface area contributed by atoms with Gasteiger partial charge in [0.15, 0.2) is 11.4 Å². The van der Waals surface area contributed by atoms with Crippen molar-refractivity contribution in [3.05, 3.63) is 41.5 Å². The minimum Gasteiger partial charge on any atom is -0.378 e. The van der Waals surface area contributed by atoms with Crippen molar-refractivity contribution in [1.29, 1.82) is 5.26 Å². The molecule has 0 atom stereocenters. The number of pyridine rings is 1. The number of hydrogen-bond donors (Lipinski definition) is 0. The van der Waals surface area contributed by atoms with Gasteiger partial charge in [0.1, 0.15) is 17.7 Å². The van der Waals surface area contributed by atoms with Crippen LogP contribution in [0.4, 0.5) is 23.3 Å². The number of fused-ring (bicyclic) bond motifs is 1. The lowest BCUT2D eigenvalue weighted by Gasteiger charge is -2.37. The molecule has 2 aliphatic heterocycles. The molecule has 0 bridgehead atoms. The standard InChI is InChI=1S/C26H30N8O2/c1-18(35)19-4-6-21(7-5-19)32-8-10-33(11-9-32)25-22-16-20(17-27)24(34-12-14-36-15-13-34)28-23(22)29-26(30-25)31(2)3/h4-7,16H,8-15H2,1-3H3. The van der Waals surface area contributed by atoms with Crippen molar-refractivity contribution < 1.29 is 9.53 Å². The van der Waals surface area contributed by atoms with E-state index in [0.29, 0.717) is 49.3 Å². The Morgan fingerprint density at radius 2 is 1.56 bits per heavy atom. The van der Waals surface area contributed by atoms with Crippen LogP contribution in [0.1, 0.15) is 22.8 Å². The predicted octanol–water partition coefficient (Wildman–Crippen LogP) is 2.33. The Bertz CT molecular complexity index is 1300. The second kappa shape index (κ2) is 9.95. The minimum absolute atomic E-state index is 0.0702. The maximum Gasteiger partial charge on any atom is 0.228 e. The van der Waals surface area contributed by atoms with E-state index in [-0.39, 0.29) is 5.78 Å². The van der Waals surface area contributed by atoms with Gasteiger partial charge in [-0.15, -0.1) is 0 Å². The molecule has 0 saturated carbocycles. The molecule has 5 rings (SSSR count). The van der Waals surface area contributed by atoms with Gasteiger partial charge in [0, 0.05) is 64.6 Å². The third-order valence-corrected chi connectivity index (χ3v) is 6.68. The van der Waals surface area contributed by atoms with Crippen LogP contribution in [0.5, 0.6) is 0 Å². The van der Waals surface area contributed by atoms with Gasteiger partial charge in [0.05, 0.1) is 24.2 Å². The van der Waals surface area contributed by atoms with Crippen LogP contribution in [-0.2, 0) is 4.74 Å². The van der Waals surface area contributed by atoms with E-state index in [1.54, 1.807) is 6.92 Å². The first-order valence-corrected chi connectivity index (χ1v) is 12.2. The number of morpholine rings is 1. The third kappa shape index (κ3) is 4.62. The molecule has 2 aromatic heterocycles. The average Bonchev–Trinajstić information content (AvgIpc) is 2.92. The number of hydrogen-bond acceptors (Lipinski definition) is 10. The Morgan fingerprint density at radius 3 is 2.17 bits per heavy atom. The van der Waals surface area contributed by atoms with E-state index in [2.05, 4.69) is 20.8 Å². The first kappa shape index (κ1) is 23.8. The number of carbonyl (C=O) groups is 1. The van der Waals surface area contributed by atoms with Crippen LogP contribution in [-0.4, -0.2) is 87.3 Å². The summed E-state index contributed by atoms with van der Waals surface area (Å²) in [6.07, 6.45) is 0. The van der Waals surface area contributed by atoms with Crippen molar-refractivity contribution in [2.45, 2.75) is 6.92 Å². The van der Waals surface area contributed by atoms with E-state index in [1.807, 2.05) is 49.3 Å². The first-order valence-electron chi connectivity index (χ1n) is 12.2. The Balaban J connectivity index is 1.46. The fraction of sp³-hybridized carbons (Fsp3) is 0.423. The van der Waals surface area contributed by atoms with E-state index in [0.717, 1.165) is 48.6 Å². The van der Waals surface area contributed by atoms with E-state index in [4.69, 9.17) is 19.7 Å². The van der Waals surface area contributed by atoms with Crippen molar-refractivity contribution in [3.8, 4) is 6.07 Å². The molecule has 0 spiro atoms. The number of ketones is 1. The zero-order valence-electron chi connectivity index (χ0n) is 20.9. The molecule has 4 heterocycles. The van der Waals surface area contributed by atoms with E-state index in [1.165, 1.54) is 0 Å². The number of benzene rings is 1. The zero-order chi connectivity index (χ0) is 25.2. The molecule has 10 heteroatoms. The molecular weight excluding hydrogens is 456 g/mol. The molecule has 1 aromatic carbocycles. The van der Waals surface area contributed by atoms with Gasteiger partial charge in [-0.3, -0.25) is 4.79 Å². The number of carbonyl (C=O) groups excluding carboxylic acids is 1. The van der Waals surface area contributed by atoms with Crippen molar-refractivity contribution in [2.75, 3.05) is 86.2 Å². The van der Waals surface area contributed by atoms with Crippen molar-refractivity contribution >= 4 is 40.1 Å². The number of nitrogens with zero attached hydrogens (tertiary/aromatic N) is 8. The molecule has 186 valence electrons. The molecule has 0 N–H and O–H groups in total. The number of anilines is 4. The molecule has 0 unspecified atom stereocenters. The van der Waals surface area contributed by atoms with Crippen LogP contribution in [0.15, 0.2) is 30.3 Å². The Morgan fingerprint density at radius 1 is 0.917 bits per heavy atom. The van der Waals surface area contributed by atoms with Gasteiger partial charge >= 0.3 is 0 Å². The average molecular weight is 487 g/mol. The summed E-state index contributed by atoms with van der Waals surface area (Å²) in [7, 11) is 3.83. The fourth-order valence-electron chi connectivity index (χ4n) is 4.64. The summed E-state index contributed by atoms with van der Waals surface area (Å²) in [4.78, 5) is 34.6. The van der Waals surface area contributed by atoms with Gasteiger partial charge < -0.3 is 24.3 Å². The number of nitriles is 1. The smallest absolute Gasteiger partial charge is 0.228 e. The lowest BCUT2D eigenvalue weighted by molar-refractivity contribution is 0.101. The summed E-state index contributed by atoms with van der Waals surface area (Å²) in [6.45, 7) is 7.36. The number of ether oxygens (including phenoxy) is 1. The third-order valence-electron chi connectivity index (χ3n) is 6.68. The number of rotatable bonds is 5. The topological polar surface area (TPSA) is 102 Å². The molecule has 2 saturated heterocycles. The van der Waals surface area contributed by atoms with Crippen LogP contribution in [0.25, 0.3) is 11.0 Å². The van der Waals surface area contributed by atoms with Crippen molar-refractivity contribution in [2.24, 2.45) is 0 Å². The Labute approximate surface area is 210 Å². The largest absolute Gasteiger partial charge is 0.378 e. The van der Waals surface area contributed by atoms with Crippen LogP contribution in [0.2, 0.25) is 0 Å². The van der Waals surface area contributed by atoms with Gasteiger partial charge in [-0.05, 0) is 37.3 Å². The highest BCUT2D eigenvalue weighted by Gasteiger charge is 2.25. The minimum atomic E-state index is 0.0702. The molecule has 10 nitrogen and oxygen atoms in total. The summed E-state index contributed by atoms with van der Waals surface area (Å²) >= 11 is 0. The van der Waals surface area contributed by atoms with Crippen molar-refractivity contribution in [1.82, 2.24) is 15.0 Å². The molecule has 3 aromatic rings. The number of aromatic nitrogens is 3. The quantitative estimate of drug-likeness (QED) is 0.499. The van der Waals surface area contributed by atoms with Crippen LogP contribution in [0, 0.1) is 11.3 Å². The van der Waals surface area contributed by atoms with Crippen LogP contribution >= 0.6 is 0 Å². The van der Waals surface area contributed by atoms with Crippen molar-refractivity contribution in [3.63, 3.8) is 0 Å². The van der Waals surface area contributed by atoms with E-state index in [9.17, 15) is 10.1 Å². The van der Waals surface area contributed by atoms with Gasteiger partial charge in [-0.2, -0.15) is 15.2 Å². The van der Waals surface area contributed by atoms with Gasteiger partial charge in [0.2, 0.25) is 5.95 Å². The van der Waals surface area contributed by atoms with E-state index >= 15 is 0 Å². The lowest BCUT2D eigenvalue weighted by Crippen LogP contribution is -2.47. The summed E-state index contributed by atoms with van der Waals surface area (Å²) in [5.41, 5.74) is 2.94. The Kier molecular flexibility index (Phi) is 6.57. The fourth-order valence-corrected chi connectivity index (χ4v) is 4.64.